The molecule has 0 saturated heterocycles. The lowest BCUT2D eigenvalue weighted by Crippen LogP contribution is -2.83. The van der Waals surface area contributed by atoms with Crippen molar-refractivity contribution in [1.29, 1.82) is 0 Å². The zero-order valence-corrected chi connectivity index (χ0v) is 17.0. The Morgan fingerprint density at radius 1 is 1.15 bits per heavy atom. The van der Waals surface area contributed by atoms with Crippen molar-refractivity contribution in [3.8, 4) is 5.75 Å². The zero-order valence-electron chi connectivity index (χ0n) is 15.4. The van der Waals surface area contributed by atoms with Gasteiger partial charge in [0.2, 0.25) is 0 Å². The second-order valence-corrected chi connectivity index (χ2v) is 7.50. The fraction of sp³-hybridized carbons (Fsp3) is 0.286. The van der Waals surface area contributed by atoms with Gasteiger partial charge < -0.3 is 14.5 Å². The zero-order chi connectivity index (χ0) is 18.8. The van der Waals surface area contributed by atoms with E-state index in [1.807, 2.05) is 19.1 Å². The highest BCUT2D eigenvalue weighted by molar-refractivity contribution is 9.10. The van der Waals surface area contributed by atoms with Crippen molar-refractivity contribution < 1.29 is 14.5 Å². The van der Waals surface area contributed by atoms with Crippen LogP contribution in [0.5, 0.6) is 5.75 Å². The third-order valence-electron chi connectivity index (χ3n) is 4.84. The second kappa shape index (κ2) is 7.64. The molecule has 3 aromatic rings. The summed E-state index contributed by atoms with van der Waals surface area (Å²) >= 11 is 3.54. The predicted octanol–water partition coefficient (Wildman–Crippen LogP) is 4.01. The Morgan fingerprint density at radius 3 is 2.58 bits per heavy atom. The van der Waals surface area contributed by atoms with E-state index < -0.39 is 0 Å². The topological polar surface area (TPSA) is 56.0 Å². The number of hydrogen-bond acceptors (Lipinski definition) is 3. The van der Waals surface area contributed by atoms with Crippen LogP contribution in [0.25, 0.3) is 11.0 Å². The number of nitrogens with two attached hydrogens (primary N) is 1. The Bertz CT molecular complexity index is 1010. The Hall–Kier alpha value is -2.11. The minimum Gasteiger partial charge on any atom is -0.496 e. The molecule has 5 heteroatoms. The number of ether oxygens (including phenoxy) is 1. The highest BCUT2D eigenvalue weighted by Gasteiger charge is 2.14. The van der Waals surface area contributed by atoms with Crippen LogP contribution in [-0.4, -0.2) is 7.11 Å². The minimum atomic E-state index is -0.302. The van der Waals surface area contributed by atoms with Crippen molar-refractivity contribution in [2.45, 2.75) is 33.4 Å². The molecule has 2 N–H and O–H groups in total. The van der Waals surface area contributed by atoms with Gasteiger partial charge >= 0.3 is 5.63 Å². The van der Waals surface area contributed by atoms with E-state index in [0.29, 0.717) is 12.1 Å². The predicted molar refractivity (Wildman–Crippen MR) is 107 cm³/mol. The van der Waals surface area contributed by atoms with Gasteiger partial charge in [-0.3, -0.25) is 0 Å². The molecule has 0 amide bonds. The molecule has 3 rings (SSSR count). The van der Waals surface area contributed by atoms with E-state index in [9.17, 15) is 4.79 Å². The summed E-state index contributed by atoms with van der Waals surface area (Å²) in [5.74, 6) is 0.818. The molecule has 0 saturated carbocycles. The average molecular weight is 417 g/mol. The number of halogens is 1. The standard InChI is InChI=1S/C21H22BrNO3/c1-12-7-17-16(10-21(24)26-20(17)8-13(12)2)11-23-14(3)15-5-6-19(25-4)18(22)9-15/h5-10,14,23H,11H2,1-4H3/p+1/t14-/m0/s1. The van der Waals surface area contributed by atoms with Gasteiger partial charge in [0.15, 0.2) is 0 Å². The van der Waals surface area contributed by atoms with Crippen LogP contribution < -0.4 is 15.7 Å². The monoisotopic (exact) mass is 416 g/mol. The van der Waals surface area contributed by atoms with Gasteiger partial charge in [-0.25, -0.2) is 4.79 Å². The summed E-state index contributed by atoms with van der Waals surface area (Å²) in [6, 6.07) is 12.0. The molecule has 0 radical (unpaired) electrons. The van der Waals surface area contributed by atoms with E-state index >= 15 is 0 Å². The average Bonchev–Trinajstić information content (AvgIpc) is 2.60. The Labute approximate surface area is 161 Å². The van der Waals surface area contributed by atoms with Crippen molar-refractivity contribution in [1.82, 2.24) is 0 Å². The quantitative estimate of drug-likeness (QED) is 0.639. The van der Waals surface area contributed by atoms with Crippen LogP contribution in [0.1, 0.15) is 35.2 Å². The summed E-state index contributed by atoms with van der Waals surface area (Å²) in [7, 11) is 1.66. The van der Waals surface area contributed by atoms with Gasteiger partial charge in [-0.2, -0.15) is 0 Å². The molecule has 0 spiro atoms. The summed E-state index contributed by atoms with van der Waals surface area (Å²) in [6.45, 7) is 6.95. The fourth-order valence-corrected chi connectivity index (χ4v) is 3.62. The third-order valence-corrected chi connectivity index (χ3v) is 5.46. The summed E-state index contributed by atoms with van der Waals surface area (Å²) < 4.78 is 11.6. The molecule has 0 aliphatic carbocycles. The Balaban J connectivity index is 1.86. The van der Waals surface area contributed by atoms with Crippen LogP contribution >= 0.6 is 15.9 Å². The van der Waals surface area contributed by atoms with E-state index in [2.05, 4.69) is 53.3 Å². The first-order valence-corrected chi connectivity index (χ1v) is 9.39. The van der Waals surface area contributed by atoms with Crippen LogP contribution in [0.4, 0.5) is 0 Å². The molecule has 26 heavy (non-hydrogen) atoms. The van der Waals surface area contributed by atoms with Crippen LogP contribution in [0.2, 0.25) is 0 Å². The van der Waals surface area contributed by atoms with Crippen molar-refractivity contribution in [3.63, 3.8) is 0 Å². The molecule has 136 valence electrons. The van der Waals surface area contributed by atoms with E-state index in [1.54, 1.807) is 13.2 Å². The number of benzene rings is 2. The highest BCUT2D eigenvalue weighted by Crippen LogP contribution is 2.27. The van der Waals surface area contributed by atoms with E-state index in [4.69, 9.17) is 9.15 Å². The van der Waals surface area contributed by atoms with E-state index in [-0.39, 0.29) is 11.7 Å². The lowest BCUT2D eigenvalue weighted by Gasteiger charge is -2.14. The normalized spacial score (nSPS) is 12.3. The van der Waals surface area contributed by atoms with E-state index in [1.165, 1.54) is 11.1 Å². The highest BCUT2D eigenvalue weighted by atomic mass is 79.9. The first-order chi connectivity index (χ1) is 12.4. The first kappa shape index (κ1) is 18.7. The van der Waals surface area contributed by atoms with Gasteiger partial charge in [-0.05, 0) is 78.2 Å². The van der Waals surface area contributed by atoms with Gasteiger partial charge in [0.05, 0.1) is 11.6 Å². The van der Waals surface area contributed by atoms with Crippen LogP contribution in [-0.2, 0) is 6.54 Å². The molecule has 0 fully saturated rings. The summed E-state index contributed by atoms with van der Waals surface area (Å²) in [5.41, 5.74) is 4.86. The molecular formula is C21H23BrNO3+. The smallest absolute Gasteiger partial charge is 0.336 e. The molecule has 0 aliphatic rings. The van der Waals surface area contributed by atoms with Crippen LogP contribution in [0, 0.1) is 13.8 Å². The lowest BCUT2D eigenvalue weighted by molar-refractivity contribution is -0.707. The maximum absolute atomic E-state index is 11.9. The molecule has 1 aromatic heterocycles. The molecule has 0 unspecified atom stereocenters. The first-order valence-electron chi connectivity index (χ1n) is 8.59. The van der Waals surface area contributed by atoms with Crippen molar-refractivity contribution in [2.24, 2.45) is 0 Å². The van der Waals surface area contributed by atoms with Gasteiger partial charge in [0.25, 0.3) is 0 Å². The molecule has 0 aliphatic heterocycles. The third kappa shape index (κ3) is 3.84. The van der Waals surface area contributed by atoms with Crippen LogP contribution in [0.15, 0.2) is 50.1 Å². The largest absolute Gasteiger partial charge is 0.496 e. The number of aryl methyl sites for hydroxylation is 2. The number of methoxy groups -OCH3 is 1. The molecular weight excluding hydrogens is 394 g/mol. The molecule has 1 atom stereocenters. The fourth-order valence-electron chi connectivity index (χ4n) is 3.06. The van der Waals surface area contributed by atoms with Crippen molar-refractivity contribution >= 4 is 26.9 Å². The molecule has 1 heterocycles. The summed E-state index contributed by atoms with van der Waals surface area (Å²) in [6.07, 6.45) is 0. The lowest BCUT2D eigenvalue weighted by atomic mass is 10.0. The molecule has 2 aromatic carbocycles. The second-order valence-electron chi connectivity index (χ2n) is 6.65. The molecule has 4 nitrogen and oxygen atoms in total. The maximum atomic E-state index is 11.9. The number of fused-ring (bicyclic) bond motifs is 1. The van der Waals surface area contributed by atoms with Gasteiger partial charge in [-0.1, -0.05) is 0 Å². The minimum absolute atomic E-state index is 0.242. The number of hydrogen-bond donors (Lipinski definition) is 1. The maximum Gasteiger partial charge on any atom is 0.336 e. The number of quaternary nitrogens is 1. The summed E-state index contributed by atoms with van der Waals surface area (Å²) in [5, 5.41) is 3.23. The van der Waals surface area contributed by atoms with Gasteiger partial charge in [-0.15, -0.1) is 0 Å². The van der Waals surface area contributed by atoms with Crippen LogP contribution in [0.3, 0.4) is 0 Å². The van der Waals surface area contributed by atoms with E-state index in [0.717, 1.165) is 26.7 Å². The SMILES string of the molecule is COc1ccc([C@H](C)[NH2+]Cc2cc(=O)oc3cc(C)c(C)cc23)cc1Br. The van der Waals surface area contributed by atoms with Gasteiger partial charge in [0.1, 0.15) is 23.9 Å². The summed E-state index contributed by atoms with van der Waals surface area (Å²) in [4.78, 5) is 11.9. The van der Waals surface area contributed by atoms with Gasteiger partial charge in [0, 0.05) is 22.6 Å². The Kier molecular flexibility index (Phi) is 5.49. The Morgan fingerprint density at radius 2 is 1.88 bits per heavy atom. The van der Waals surface area contributed by atoms with Crippen molar-refractivity contribution in [2.75, 3.05) is 7.11 Å². The number of rotatable bonds is 5. The molecule has 0 bridgehead atoms. The van der Waals surface area contributed by atoms with Crippen molar-refractivity contribution in [3.05, 3.63) is 73.5 Å².